The molecule has 0 saturated heterocycles. The number of hydrogen-bond acceptors (Lipinski definition) is 3. The summed E-state index contributed by atoms with van der Waals surface area (Å²) in [7, 11) is 2.10. The Kier molecular flexibility index (Phi) is 4.94. The maximum absolute atomic E-state index is 5.81. The van der Waals surface area contributed by atoms with Crippen molar-refractivity contribution in [1.29, 1.82) is 0 Å². The highest BCUT2D eigenvalue weighted by Crippen LogP contribution is 2.18. The van der Waals surface area contributed by atoms with Crippen LogP contribution in [0.2, 0.25) is 0 Å². The van der Waals surface area contributed by atoms with Gasteiger partial charge < -0.3 is 10.6 Å². The zero-order chi connectivity index (χ0) is 13.0. The van der Waals surface area contributed by atoms with E-state index in [1.54, 1.807) is 0 Å². The van der Waals surface area contributed by atoms with Gasteiger partial charge in [0.15, 0.2) is 0 Å². The molecule has 2 N–H and O–H groups in total. The molecular weight excluding hydrogens is 210 g/mol. The van der Waals surface area contributed by atoms with Crippen LogP contribution in [-0.2, 0) is 0 Å². The standard InChI is InChI=1S/C14H25N3/c1-10(2)8-11(3)17(5)14-7-6-13(9-16-14)12(4)15/h6-7,9-12H,8,15H2,1-5H3/t11?,12-/m0/s1. The van der Waals surface area contributed by atoms with Crippen LogP contribution in [0.5, 0.6) is 0 Å². The Morgan fingerprint density at radius 3 is 2.29 bits per heavy atom. The Labute approximate surface area is 105 Å². The Morgan fingerprint density at radius 1 is 1.24 bits per heavy atom. The average Bonchev–Trinajstić information content (AvgIpc) is 2.27. The number of nitrogens with two attached hydrogens (primary N) is 1. The lowest BCUT2D eigenvalue weighted by molar-refractivity contribution is 0.502. The van der Waals surface area contributed by atoms with Gasteiger partial charge in [-0.1, -0.05) is 19.9 Å². The van der Waals surface area contributed by atoms with Gasteiger partial charge in [-0.2, -0.15) is 0 Å². The maximum atomic E-state index is 5.81. The lowest BCUT2D eigenvalue weighted by Crippen LogP contribution is -2.30. The van der Waals surface area contributed by atoms with Crippen LogP contribution >= 0.6 is 0 Å². The summed E-state index contributed by atoms with van der Waals surface area (Å²) in [5, 5.41) is 0. The van der Waals surface area contributed by atoms with E-state index in [1.807, 2.05) is 13.1 Å². The van der Waals surface area contributed by atoms with Crippen molar-refractivity contribution < 1.29 is 0 Å². The quantitative estimate of drug-likeness (QED) is 0.853. The Bertz CT molecular complexity index is 330. The van der Waals surface area contributed by atoms with Crippen LogP contribution in [0.25, 0.3) is 0 Å². The van der Waals surface area contributed by atoms with E-state index in [1.165, 1.54) is 6.42 Å². The monoisotopic (exact) mass is 235 g/mol. The molecule has 0 aliphatic heterocycles. The third kappa shape index (κ3) is 4.00. The molecule has 0 fully saturated rings. The summed E-state index contributed by atoms with van der Waals surface area (Å²) in [4.78, 5) is 6.70. The smallest absolute Gasteiger partial charge is 0.128 e. The highest BCUT2D eigenvalue weighted by molar-refractivity contribution is 5.39. The van der Waals surface area contributed by atoms with E-state index in [9.17, 15) is 0 Å². The van der Waals surface area contributed by atoms with Gasteiger partial charge in [-0.05, 0) is 37.8 Å². The number of anilines is 1. The minimum Gasteiger partial charge on any atom is -0.357 e. The van der Waals surface area contributed by atoms with Crippen LogP contribution in [0, 0.1) is 5.92 Å². The van der Waals surface area contributed by atoms with Gasteiger partial charge in [0.25, 0.3) is 0 Å². The average molecular weight is 235 g/mol. The molecule has 2 atom stereocenters. The van der Waals surface area contributed by atoms with E-state index in [-0.39, 0.29) is 6.04 Å². The molecule has 0 bridgehead atoms. The molecule has 0 aliphatic carbocycles. The van der Waals surface area contributed by atoms with Crippen LogP contribution < -0.4 is 10.6 Å². The lowest BCUT2D eigenvalue weighted by atomic mass is 10.0. The summed E-state index contributed by atoms with van der Waals surface area (Å²) in [6.07, 6.45) is 3.05. The first kappa shape index (κ1) is 14.0. The summed E-state index contributed by atoms with van der Waals surface area (Å²) in [5.41, 5.74) is 6.89. The summed E-state index contributed by atoms with van der Waals surface area (Å²) in [5.74, 6) is 1.72. The minimum atomic E-state index is 0.0509. The molecule has 1 heterocycles. The molecule has 1 aromatic heterocycles. The molecule has 3 nitrogen and oxygen atoms in total. The van der Waals surface area contributed by atoms with E-state index in [4.69, 9.17) is 5.73 Å². The summed E-state index contributed by atoms with van der Waals surface area (Å²) >= 11 is 0. The second-order valence-electron chi connectivity index (χ2n) is 5.33. The number of rotatable bonds is 5. The normalized spacial score (nSPS) is 14.8. The summed E-state index contributed by atoms with van der Waals surface area (Å²) < 4.78 is 0. The Morgan fingerprint density at radius 2 is 1.88 bits per heavy atom. The van der Waals surface area contributed by atoms with Gasteiger partial charge in [0, 0.05) is 25.3 Å². The molecule has 96 valence electrons. The first-order valence-electron chi connectivity index (χ1n) is 6.36. The maximum Gasteiger partial charge on any atom is 0.128 e. The summed E-state index contributed by atoms with van der Waals surface area (Å²) in [6.45, 7) is 8.71. The predicted molar refractivity (Wildman–Crippen MR) is 74.2 cm³/mol. The second kappa shape index (κ2) is 6.01. The fourth-order valence-corrected chi connectivity index (χ4v) is 1.94. The largest absolute Gasteiger partial charge is 0.357 e. The van der Waals surface area contributed by atoms with Crippen LogP contribution in [0.3, 0.4) is 0 Å². The van der Waals surface area contributed by atoms with Gasteiger partial charge in [-0.3, -0.25) is 0 Å². The topological polar surface area (TPSA) is 42.1 Å². The molecule has 1 unspecified atom stereocenters. The SMILES string of the molecule is CC(C)CC(C)N(C)c1ccc([C@H](C)N)cn1. The lowest BCUT2D eigenvalue weighted by Gasteiger charge is -2.27. The third-order valence-electron chi connectivity index (χ3n) is 3.13. The van der Waals surface area contributed by atoms with Crippen molar-refractivity contribution in [2.24, 2.45) is 11.7 Å². The molecule has 17 heavy (non-hydrogen) atoms. The molecular formula is C14H25N3. The Balaban J connectivity index is 2.72. The van der Waals surface area contributed by atoms with Crippen molar-refractivity contribution >= 4 is 5.82 Å². The second-order valence-corrected chi connectivity index (χ2v) is 5.33. The summed E-state index contributed by atoms with van der Waals surface area (Å²) in [6, 6.07) is 4.67. The Hall–Kier alpha value is -1.09. The number of nitrogens with zero attached hydrogens (tertiary/aromatic N) is 2. The van der Waals surface area contributed by atoms with E-state index in [0.29, 0.717) is 12.0 Å². The molecule has 0 aliphatic rings. The molecule has 0 spiro atoms. The molecule has 1 aromatic rings. The van der Waals surface area contributed by atoms with Crippen molar-refractivity contribution in [1.82, 2.24) is 4.98 Å². The van der Waals surface area contributed by atoms with Gasteiger partial charge in [-0.25, -0.2) is 4.98 Å². The molecule has 0 saturated carbocycles. The van der Waals surface area contributed by atoms with E-state index >= 15 is 0 Å². The first-order chi connectivity index (χ1) is 7.91. The minimum absolute atomic E-state index is 0.0509. The van der Waals surface area contributed by atoms with Crippen LogP contribution in [-0.4, -0.2) is 18.1 Å². The molecule has 1 rings (SSSR count). The van der Waals surface area contributed by atoms with Crippen molar-refractivity contribution in [3.63, 3.8) is 0 Å². The molecule has 3 heteroatoms. The number of pyridine rings is 1. The fourth-order valence-electron chi connectivity index (χ4n) is 1.94. The molecule has 0 amide bonds. The van der Waals surface area contributed by atoms with Gasteiger partial charge in [-0.15, -0.1) is 0 Å². The van der Waals surface area contributed by atoms with E-state index in [2.05, 4.69) is 49.8 Å². The number of hydrogen-bond donors (Lipinski definition) is 1. The fraction of sp³-hybridized carbons (Fsp3) is 0.643. The van der Waals surface area contributed by atoms with Crippen molar-refractivity contribution in [3.05, 3.63) is 23.9 Å². The zero-order valence-corrected chi connectivity index (χ0v) is 11.6. The van der Waals surface area contributed by atoms with Crippen molar-refractivity contribution in [2.75, 3.05) is 11.9 Å². The highest BCUT2D eigenvalue weighted by Gasteiger charge is 2.12. The molecule has 0 radical (unpaired) electrons. The van der Waals surface area contributed by atoms with Crippen LogP contribution in [0.4, 0.5) is 5.82 Å². The van der Waals surface area contributed by atoms with Crippen LogP contribution in [0.15, 0.2) is 18.3 Å². The van der Waals surface area contributed by atoms with Crippen LogP contribution in [0.1, 0.15) is 45.7 Å². The highest BCUT2D eigenvalue weighted by atomic mass is 15.2. The first-order valence-corrected chi connectivity index (χ1v) is 6.36. The van der Waals surface area contributed by atoms with E-state index in [0.717, 1.165) is 11.4 Å². The van der Waals surface area contributed by atoms with Gasteiger partial charge in [0.1, 0.15) is 5.82 Å². The van der Waals surface area contributed by atoms with Gasteiger partial charge in [0.05, 0.1) is 0 Å². The van der Waals surface area contributed by atoms with Gasteiger partial charge in [0.2, 0.25) is 0 Å². The zero-order valence-electron chi connectivity index (χ0n) is 11.6. The predicted octanol–water partition coefficient (Wildman–Crippen LogP) is 2.97. The van der Waals surface area contributed by atoms with Crippen molar-refractivity contribution in [3.8, 4) is 0 Å². The van der Waals surface area contributed by atoms with Crippen molar-refractivity contribution in [2.45, 2.75) is 46.2 Å². The van der Waals surface area contributed by atoms with Gasteiger partial charge >= 0.3 is 0 Å². The van der Waals surface area contributed by atoms with E-state index < -0.39 is 0 Å². The molecule has 0 aromatic carbocycles. The third-order valence-corrected chi connectivity index (χ3v) is 3.13. The number of aromatic nitrogens is 1.